The summed E-state index contributed by atoms with van der Waals surface area (Å²) in [6.45, 7) is 4.29. The van der Waals surface area contributed by atoms with E-state index >= 15 is 0 Å². The molecule has 1 aliphatic rings. The van der Waals surface area contributed by atoms with E-state index in [0.717, 1.165) is 63.0 Å². The van der Waals surface area contributed by atoms with Gasteiger partial charge in [0.25, 0.3) is 0 Å². The summed E-state index contributed by atoms with van der Waals surface area (Å²) in [5.74, 6) is 0.771. The SMILES string of the molecule is CCC1=C(c2nc3c(ccc4cc(CC)ccc43)[nH]2)C(=O)Cc2cc(N(c3ccccc3)c3ccccc3)ccc21. The van der Waals surface area contributed by atoms with Crippen molar-refractivity contribution in [3.63, 3.8) is 0 Å². The van der Waals surface area contributed by atoms with E-state index in [4.69, 9.17) is 4.98 Å². The highest BCUT2D eigenvalue weighted by Crippen LogP contribution is 2.41. The van der Waals surface area contributed by atoms with Crippen LogP contribution in [0.25, 0.3) is 33.0 Å². The topological polar surface area (TPSA) is 49.0 Å². The number of hydrogen-bond donors (Lipinski definition) is 1. The molecule has 0 radical (unpaired) electrons. The standard InChI is InChI=1S/C37H31N3O/c1-3-24-15-18-32-25(21-24)16-20-33-36(32)39-37(38-33)35-30(4-2)31-19-17-29(22-26(31)23-34(35)41)40(27-11-7-5-8-12-27)28-13-9-6-10-14-28/h5-22H,3-4,23H2,1-2H3,(H,38,39). The predicted molar refractivity (Wildman–Crippen MR) is 170 cm³/mol. The number of carbonyl (C=O) groups is 1. The first-order chi connectivity index (χ1) is 20.1. The maximum Gasteiger partial charge on any atom is 0.171 e. The Labute approximate surface area is 240 Å². The fourth-order valence-electron chi connectivity index (χ4n) is 6.16. The van der Waals surface area contributed by atoms with Crippen LogP contribution in [0.5, 0.6) is 0 Å². The van der Waals surface area contributed by atoms with Crippen LogP contribution in [0.3, 0.4) is 0 Å². The van der Waals surface area contributed by atoms with E-state index in [0.29, 0.717) is 17.8 Å². The number of imidazole rings is 1. The minimum Gasteiger partial charge on any atom is -0.338 e. The minimum absolute atomic E-state index is 0.106. The maximum absolute atomic E-state index is 13.8. The Morgan fingerprint density at radius 2 is 1.49 bits per heavy atom. The van der Waals surface area contributed by atoms with Crippen molar-refractivity contribution in [1.29, 1.82) is 0 Å². The van der Waals surface area contributed by atoms with Gasteiger partial charge in [0, 0.05) is 28.9 Å². The van der Waals surface area contributed by atoms with Gasteiger partial charge in [-0.1, -0.05) is 80.6 Å². The second-order valence-electron chi connectivity index (χ2n) is 10.6. The third-order valence-corrected chi connectivity index (χ3v) is 8.16. The number of allylic oxidation sites excluding steroid dienone is 2. The number of hydrogen-bond acceptors (Lipinski definition) is 3. The van der Waals surface area contributed by atoms with Gasteiger partial charge in [-0.3, -0.25) is 4.79 Å². The number of para-hydroxylation sites is 2. The number of carbonyl (C=O) groups excluding carboxylic acids is 1. The lowest BCUT2D eigenvalue weighted by atomic mass is 9.83. The number of aryl methyl sites for hydroxylation is 1. The van der Waals surface area contributed by atoms with Crippen molar-refractivity contribution in [1.82, 2.24) is 9.97 Å². The van der Waals surface area contributed by atoms with Gasteiger partial charge in [0.15, 0.2) is 5.78 Å². The fourth-order valence-corrected chi connectivity index (χ4v) is 6.16. The average molecular weight is 534 g/mol. The Hall–Kier alpha value is -4.96. The third-order valence-electron chi connectivity index (χ3n) is 8.16. The molecule has 200 valence electrons. The average Bonchev–Trinajstić information content (AvgIpc) is 3.45. The summed E-state index contributed by atoms with van der Waals surface area (Å²) in [5, 5.41) is 2.28. The zero-order chi connectivity index (χ0) is 27.9. The minimum atomic E-state index is 0.106. The fraction of sp³-hybridized carbons (Fsp3) is 0.135. The quantitative estimate of drug-likeness (QED) is 0.232. The Kier molecular flexibility index (Phi) is 6.24. The van der Waals surface area contributed by atoms with Crippen LogP contribution in [0.15, 0.2) is 109 Å². The largest absolute Gasteiger partial charge is 0.338 e. The molecule has 4 nitrogen and oxygen atoms in total. The number of aromatic nitrogens is 2. The lowest BCUT2D eigenvalue weighted by molar-refractivity contribution is -0.113. The molecule has 0 saturated carbocycles. The van der Waals surface area contributed by atoms with E-state index in [1.807, 2.05) is 12.1 Å². The molecule has 1 aromatic heterocycles. The number of fused-ring (bicyclic) bond motifs is 4. The number of nitrogens with one attached hydrogen (secondary N) is 1. The van der Waals surface area contributed by atoms with E-state index in [1.54, 1.807) is 0 Å². The second-order valence-corrected chi connectivity index (χ2v) is 10.6. The summed E-state index contributed by atoms with van der Waals surface area (Å²) in [6.07, 6.45) is 2.08. The van der Waals surface area contributed by atoms with Gasteiger partial charge in [-0.15, -0.1) is 0 Å². The first-order valence-corrected chi connectivity index (χ1v) is 14.4. The third kappa shape index (κ3) is 4.33. The molecule has 1 heterocycles. The Morgan fingerprint density at radius 1 is 0.756 bits per heavy atom. The molecule has 0 atom stereocenters. The van der Waals surface area contributed by atoms with Gasteiger partial charge in [-0.05, 0) is 83.0 Å². The van der Waals surface area contributed by atoms with Crippen molar-refractivity contribution < 1.29 is 4.79 Å². The van der Waals surface area contributed by atoms with Gasteiger partial charge in [0.1, 0.15) is 5.82 Å². The lowest BCUT2D eigenvalue weighted by Gasteiger charge is -2.28. The molecule has 7 rings (SSSR count). The first kappa shape index (κ1) is 25.0. The van der Waals surface area contributed by atoms with Crippen LogP contribution in [-0.2, 0) is 17.6 Å². The van der Waals surface area contributed by atoms with Crippen LogP contribution in [0, 0.1) is 0 Å². The molecule has 0 spiro atoms. The van der Waals surface area contributed by atoms with Crippen LogP contribution >= 0.6 is 0 Å². The van der Waals surface area contributed by atoms with Crippen LogP contribution in [-0.4, -0.2) is 15.8 Å². The van der Waals surface area contributed by atoms with E-state index in [9.17, 15) is 4.79 Å². The van der Waals surface area contributed by atoms with Gasteiger partial charge in [0.05, 0.1) is 16.6 Å². The smallest absolute Gasteiger partial charge is 0.171 e. The number of H-pyrrole nitrogens is 1. The summed E-state index contributed by atoms with van der Waals surface area (Å²) < 4.78 is 0. The Bertz CT molecular complexity index is 1910. The first-order valence-electron chi connectivity index (χ1n) is 14.4. The molecule has 4 heteroatoms. The molecule has 0 fully saturated rings. The molecule has 0 amide bonds. The van der Waals surface area contributed by atoms with E-state index in [1.165, 1.54) is 10.9 Å². The summed E-state index contributed by atoms with van der Waals surface area (Å²) in [6, 6.07) is 38.0. The molecule has 1 N–H and O–H groups in total. The molecular weight excluding hydrogens is 502 g/mol. The van der Waals surface area contributed by atoms with Crippen molar-refractivity contribution in [2.24, 2.45) is 0 Å². The van der Waals surface area contributed by atoms with Crippen molar-refractivity contribution in [3.8, 4) is 0 Å². The second kappa shape index (κ2) is 10.2. The molecular formula is C37H31N3O. The number of aromatic amines is 1. The van der Waals surface area contributed by atoms with Crippen LogP contribution in [0.4, 0.5) is 17.1 Å². The Balaban J connectivity index is 1.35. The maximum atomic E-state index is 13.8. The zero-order valence-corrected chi connectivity index (χ0v) is 23.3. The lowest BCUT2D eigenvalue weighted by Crippen LogP contribution is -2.17. The number of ketones is 1. The Morgan fingerprint density at radius 3 is 2.17 bits per heavy atom. The zero-order valence-electron chi connectivity index (χ0n) is 23.3. The molecule has 0 bridgehead atoms. The summed E-state index contributed by atoms with van der Waals surface area (Å²) in [5.41, 5.74) is 10.3. The molecule has 1 aliphatic carbocycles. The molecule has 41 heavy (non-hydrogen) atoms. The van der Waals surface area contributed by atoms with E-state index < -0.39 is 0 Å². The van der Waals surface area contributed by atoms with Crippen LogP contribution in [0.1, 0.15) is 42.8 Å². The normalized spacial score (nSPS) is 13.2. The van der Waals surface area contributed by atoms with Crippen molar-refractivity contribution >= 4 is 55.8 Å². The van der Waals surface area contributed by atoms with Crippen molar-refractivity contribution in [2.75, 3.05) is 4.90 Å². The highest BCUT2D eigenvalue weighted by Gasteiger charge is 2.29. The highest BCUT2D eigenvalue weighted by atomic mass is 16.1. The summed E-state index contributed by atoms with van der Waals surface area (Å²) >= 11 is 0. The van der Waals surface area contributed by atoms with E-state index in [2.05, 4.69) is 121 Å². The highest BCUT2D eigenvalue weighted by molar-refractivity contribution is 6.30. The number of benzene rings is 5. The monoisotopic (exact) mass is 533 g/mol. The molecule has 5 aromatic carbocycles. The molecule has 0 unspecified atom stereocenters. The van der Waals surface area contributed by atoms with Crippen LogP contribution in [0.2, 0.25) is 0 Å². The summed E-state index contributed by atoms with van der Waals surface area (Å²) in [7, 11) is 0. The van der Waals surface area contributed by atoms with Crippen LogP contribution < -0.4 is 4.90 Å². The number of nitrogens with zero attached hydrogens (tertiary/aromatic N) is 2. The summed E-state index contributed by atoms with van der Waals surface area (Å²) in [4.78, 5) is 24.6. The van der Waals surface area contributed by atoms with Gasteiger partial charge < -0.3 is 9.88 Å². The molecule has 0 saturated heterocycles. The van der Waals surface area contributed by atoms with Gasteiger partial charge in [-0.25, -0.2) is 4.98 Å². The van der Waals surface area contributed by atoms with Gasteiger partial charge in [0.2, 0.25) is 0 Å². The van der Waals surface area contributed by atoms with Gasteiger partial charge >= 0.3 is 0 Å². The van der Waals surface area contributed by atoms with Crippen molar-refractivity contribution in [2.45, 2.75) is 33.1 Å². The predicted octanol–water partition coefficient (Wildman–Crippen LogP) is 9.19. The number of anilines is 3. The number of rotatable bonds is 6. The molecule has 6 aromatic rings. The van der Waals surface area contributed by atoms with Gasteiger partial charge in [-0.2, -0.15) is 0 Å². The van der Waals surface area contributed by atoms with Crippen molar-refractivity contribution in [3.05, 3.63) is 132 Å². The van der Waals surface area contributed by atoms with E-state index in [-0.39, 0.29) is 5.78 Å². The molecule has 0 aliphatic heterocycles. The number of Topliss-reactive ketones (excluding diaryl/α,β-unsaturated/α-hetero) is 1.